The Morgan fingerprint density at radius 2 is 2.50 bits per heavy atom. The maximum absolute atomic E-state index is 13.3. The van der Waals surface area contributed by atoms with E-state index in [4.69, 9.17) is 5.73 Å². The summed E-state index contributed by atoms with van der Waals surface area (Å²) in [5.74, 6) is 0. The lowest BCUT2D eigenvalue weighted by atomic mass is 10.1. The van der Waals surface area contributed by atoms with Crippen LogP contribution in [0.5, 0.6) is 0 Å². The highest BCUT2D eigenvalue weighted by atomic mass is 32.1. The molecule has 2 N–H and O–H groups in total. The topological polar surface area (TPSA) is 26.0 Å². The van der Waals surface area contributed by atoms with Crippen LogP contribution in [0.2, 0.25) is 0 Å². The summed E-state index contributed by atoms with van der Waals surface area (Å²) < 4.78 is 13.3. The van der Waals surface area contributed by atoms with Crippen LogP contribution in [0.1, 0.15) is 11.8 Å². The van der Waals surface area contributed by atoms with Gasteiger partial charge < -0.3 is 5.73 Å². The SMILES string of the molecule is C[C@@](F)(CN)c1cccs1. The summed E-state index contributed by atoms with van der Waals surface area (Å²) in [5, 5.41) is 1.85. The summed E-state index contributed by atoms with van der Waals surface area (Å²) in [4.78, 5) is 0.704. The third-order valence-electron chi connectivity index (χ3n) is 1.42. The van der Waals surface area contributed by atoms with Gasteiger partial charge in [0.1, 0.15) is 0 Å². The standard InChI is InChI=1S/C7H10FNS/c1-7(8,5-9)6-3-2-4-10-6/h2-4H,5,9H2,1H3/t7-/m1/s1. The number of hydrogen-bond donors (Lipinski definition) is 1. The number of halogens is 1. The fourth-order valence-corrected chi connectivity index (χ4v) is 1.47. The highest BCUT2D eigenvalue weighted by Gasteiger charge is 2.24. The van der Waals surface area contributed by atoms with Gasteiger partial charge in [0.2, 0.25) is 0 Å². The first kappa shape index (κ1) is 7.69. The largest absolute Gasteiger partial charge is 0.327 e. The molecule has 0 saturated carbocycles. The maximum Gasteiger partial charge on any atom is 0.154 e. The second-order valence-corrected chi connectivity index (χ2v) is 3.33. The Hall–Kier alpha value is -0.410. The predicted molar refractivity (Wildman–Crippen MR) is 41.8 cm³/mol. The van der Waals surface area contributed by atoms with E-state index >= 15 is 0 Å². The number of nitrogens with two attached hydrogens (primary N) is 1. The monoisotopic (exact) mass is 159 g/mol. The normalized spacial score (nSPS) is 16.7. The molecule has 1 aromatic heterocycles. The lowest BCUT2D eigenvalue weighted by molar-refractivity contribution is 0.209. The van der Waals surface area contributed by atoms with E-state index in [1.807, 2.05) is 11.4 Å². The van der Waals surface area contributed by atoms with Gasteiger partial charge in [0.15, 0.2) is 5.67 Å². The van der Waals surface area contributed by atoms with Crippen molar-refractivity contribution >= 4 is 11.3 Å². The van der Waals surface area contributed by atoms with Gasteiger partial charge in [-0.1, -0.05) is 6.07 Å². The molecule has 0 amide bonds. The number of alkyl halides is 1. The van der Waals surface area contributed by atoms with Crippen LogP contribution in [-0.4, -0.2) is 6.54 Å². The van der Waals surface area contributed by atoms with E-state index in [9.17, 15) is 4.39 Å². The van der Waals surface area contributed by atoms with Gasteiger partial charge in [-0.3, -0.25) is 0 Å². The second-order valence-electron chi connectivity index (χ2n) is 2.38. The summed E-state index contributed by atoms with van der Waals surface area (Å²) >= 11 is 1.40. The summed E-state index contributed by atoms with van der Waals surface area (Å²) in [6.45, 7) is 1.55. The van der Waals surface area contributed by atoms with Crippen LogP contribution >= 0.6 is 11.3 Å². The van der Waals surface area contributed by atoms with E-state index in [1.54, 1.807) is 6.07 Å². The minimum Gasteiger partial charge on any atom is -0.327 e. The molecule has 0 bridgehead atoms. The second kappa shape index (κ2) is 2.68. The average molecular weight is 159 g/mol. The zero-order valence-electron chi connectivity index (χ0n) is 5.80. The van der Waals surface area contributed by atoms with Gasteiger partial charge in [-0.15, -0.1) is 11.3 Å². The van der Waals surface area contributed by atoms with Gasteiger partial charge in [0.05, 0.1) is 0 Å². The summed E-state index contributed by atoms with van der Waals surface area (Å²) in [7, 11) is 0. The molecule has 0 aliphatic heterocycles. The quantitative estimate of drug-likeness (QED) is 0.700. The molecule has 1 nitrogen and oxygen atoms in total. The van der Waals surface area contributed by atoms with E-state index < -0.39 is 5.67 Å². The van der Waals surface area contributed by atoms with E-state index in [0.29, 0.717) is 4.88 Å². The van der Waals surface area contributed by atoms with Gasteiger partial charge in [-0.05, 0) is 18.4 Å². The molecule has 0 aliphatic carbocycles. The lowest BCUT2D eigenvalue weighted by Crippen LogP contribution is -2.25. The molecule has 0 spiro atoms. The zero-order valence-corrected chi connectivity index (χ0v) is 6.62. The minimum atomic E-state index is -1.34. The highest BCUT2D eigenvalue weighted by molar-refractivity contribution is 7.10. The van der Waals surface area contributed by atoms with Crippen molar-refractivity contribution in [3.63, 3.8) is 0 Å². The molecule has 1 rings (SSSR count). The minimum absolute atomic E-state index is 0.0491. The Labute approximate surface area is 63.7 Å². The van der Waals surface area contributed by atoms with Crippen LogP contribution in [-0.2, 0) is 5.67 Å². The predicted octanol–water partition coefficient (Wildman–Crippen LogP) is 1.89. The molecule has 3 heteroatoms. The highest BCUT2D eigenvalue weighted by Crippen LogP contribution is 2.27. The van der Waals surface area contributed by atoms with Crippen molar-refractivity contribution in [2.75, 3.05) is 6.54 Å². The van der Waals surface area contributed by atoms with Crippen molar-refractivity contribution in [1.29, 1.82) is 0 Å². The van der Waals surface area contributed by atoms with Crippen molar-refractivity contribution in [3.05, 3.63) is 22.4 Å². The first-order chi connectivity index (χ1) is 4.67. The Balaban J connectivity index is 2.85. The maximum atomic E-state index is 13.3. The molecule has 1 heterocycles. The lowest BCUT2D eigenvalue weighted by Gasteiger charge is -2.14. The first-order valence-electron chi connectivity index (χ1n) is 3.10. The van der Waals surface area contributed by atoms with Crippen LogP contribution < -0.4 is 5.73 Å². The molecule has 0 aromatic carbocycles. The van der Waals surface area contributed by atoms with Gasteiger partial charge in [-0.2, -0.15) is 0 Å². The Bertz CT molecular complexity index is 193. The van der Waals surface area contributed by atoms with Gasteiger partial charge in [0.25, 0.3) is 0 Å². The van der Waals surface area contributed by atoms with Crippen LogP contribution in [0.25, 0.3) is 0 Å². The van der Waals surface area contributed by atoms with Gasteiger partial charge in [-0.25, -0.2) is 4.39 Å². The van der Waals surface area contributed by atoms with Crippen molar-refractivity contribution in [3.8, 4) is 0 Å². The van der Waals surface area contributed by atoms with E-state index in [0.717, 1.165) is 0 Å². The smallest absolute Gasteiger partial charge is 0.154 e. The molecule has 1 atom stereocenters. The van der Waals surface area contributed by atoms with Gasteiger partial charge in [0, 0.05) is 11.4 Å². The van der Waals surface area contributed by atoms with Crippen molar-refractivity contribution in [2.24, 2.45) is 5.73 Å². The van der Waals surface area contributed by atoms with Crippen molar-refractivity contribution in [1.82, 2.24) is 0 Å². The molecule has 0 saturated heterocycles. The first-order valence-corrected chi connectivity index (χ1v) is 3.98. The molecule has 0 radical (unpaired) electrons. The molecule has 56 valence electrons. The summed E-state index contributed by atoms with van der Waals surface area (Å²) in [5.41, 5.74) is 3.89. The molecule has 0 unspecified atom stereocenters. The van der Waals surface area contributed by atoms with E-state index in [2.05, 4.69) is 0 Å². The van der Waals surface area contributed by atoms with Crippen LogP contribution in [0, 0.1) is 0 Å². The van der Waals surface area contributed by atoms with Gasteiger partial charge >= 0.3 is 0 Å². The third kappa shape index (κ3) is 1.36. The molecular weight excluding hydrogens is 149 g/mol. The molecule has 1 aromatic rings. The molecular formula is C7H10FNS. The Morgan fingerprint density at radius 1 is 1.80 bits per heavy atom. The van der Waals surface area contributed by atoms with Crippen LogP contribution in [0.3, 0.4) is 0 Å². The fourth-order valence-electron chi connectivity index (χ4n) is 0.676. The van der Waals surface area contributed by atoms with Crippen LogP contribution in [0.4, 0.5) is 4.39 Å². The number of thiophene rings is 1. The number of hydrogen-bond acceptors (Lipinski definition) is 2. The fraction of sp³-hybridized carbons (Fsp3) is 0.429. The van der Waals surface area contributed by atoms with Crippen molar-refractivity contribution < 1.29 is 4.39 Å². The molecule has 0 aliphatic rings. The number of rotatable bonds is 2. The Morgan fingerprint density at radius 3 is 2.90 bits per heavy atom. The Kier molecular flexibility index (Phi) is 2.06. The third-order valence-corrected chi connectivity index (χ3v) is 2.53. The summed E-state index contributed by atoms with van der Waals surface area (Å²) in [6.07, 6.45) is 0. The van der Waals surface area contributed by atoms with E-state index in [-0.39, 0.29) is 6.54 Å². The zero-order chi connectivity index (χ0) is 7.61. The van der Waals surface area contributed by atoms with Crippen molar-refractivity contribution in [2.45, 2.75) is 12.6 Å². The molecule has 10 heavy (non-hydrogen) atoms. The van der Waals surface area contributed by atoms with E-state index in [1.165, 1.54) is 18.3 Å². The van der Waals surface area contributed by atoms with Crippen LogP contribution in [0.15, 0.2) is 17.5 Å². The average Bonchev–Trinajstić information content (AvgIpc) is 2.38. The molecule has 0 fully saturated rings. The summed E-state index contributed by atoms with van der Waals surface area (Å²) in [6, 6.07) is 3.59.